The maximum absolute atomic E-state index is 2.35. The van der Waals surface area contributed by atoms with Gasteiger partial charge in [0.2, 0.25) is 0 Å². The average Bonchev–Trinajstić information content (AvgIpc) is 2.27. The van der Waals surface area contributed by atoms with Gasteiger partial charge in [0.15, 0.2) is 0 Å². The summed E-state index contributed by atoms with van der Waals surface area (Å²) in [6.07, 6.45) is 2.38. The lowest BCUT2D eigenvalue weighted by Crippen LogP contribution is -2.06. The van der Waals surface area contributed by atoms with Gasteiger partial charge in [0.25, 0.3) is 0 Å². The van der Waals surface area contributed by atoms with Crippen LogP contribution >= 0.6 is 0 Å². The zero-order valence-corrected chi connectivity index (χ0v) is 11.7. The van der Waals surface area contributed by atoms with E-state index in [9.17, 15) is 0 Å². The quantitative estimate of drug-likeness (QED) is 0.652. The van der Waals surface area contributed by atoms with Crippen LogP contribution in [0.4, 0.5) is 0 Å². The summed E-state index contributed by atoms with van der Waals surface area (Å²) in [5.74, 6) is 1.32. The van der Waals surface area contributed by atoms with Gasteiger partial charge < -0.3 is 0 Å². The molecule has 0 spiro atoms. The van der Waals surface area contributed by atoms with Crippen LogP contribution in [-0.2, 0) is 6.42 Å². The number of hydrogen-bond donors (Lipinski definition) is 0. The van der Waals surface area contributed by atoms with E-state index in [4.69, 9.17) is 0 Å². The molecule has 0 saturated carbocycles. The van der Waals surface area contributed by atoms with E-state index in [1.54, 1.807) is 16.7 Å². The molecule has 0 heterocycles. The smallest absolute Gasteiger partial charge is 0.0190 e. The monoisotopic (exact) mass is 218 g/mol. The Morgan fingerprint density at radius 3 is 2.12 bits per heavy atom. The molecule has 0 saturated heterocycles. The van der Waals surface area contributed by atoms with Crippen molar-refractivity contribution in [2.45, 2.75) is 66.2 Å². The summed E-state index contributed by atoms with van der Waals surface area (Å²) in [7, 11) is 0. The molecule has 1 aromatic rings. The third-order valence-corrected chi connectivity index (χ3v) is 3.70. The Morgan fingerprint density at radius 2 is 1.69 bits per heavy atom. The zero-order chi connectivity index (χ0) is 12.3. The molecule has 0 aliphatic rings. The summed E-state index contributed by atoms with van der Waals surface area (Å²) in [6.45, 7) is 13.8. The Kier molecular flexibility index (Phi) is 4.58. The van der Waals surface area contributed by atoms with Gasteiger partial charge in [0.05, 0.1) is 0 Å². The summed E-state index contributed by atoms with van der Waals surface area (Å²) < 4.78 is 0. The van der Waals surface area contributed by atoms with Gasteiger partial charge in [0.1, 0.15) is 0 Å². The molecule has 0 aliphatic carbocycles. The first-order valence-electron chi connectivity index (χ1n) is 6.65. The second-order valence-electron chi connectivity index (χ2n) is 5.18. The molecule has 1 rings (SSSR count). The predicted octanol–water partition coefficient (Wildman–Crippen LogP) is 5.19. The van der Waals surface area contributed by atoms with Gasteiger partial charge in [-0.25, -0.2) is 0 Å². The Balaban J connectivity index is 3.38. The predicted molar refractivity (Wildman–Crippen MR) is 73.4 cm³/mol. The average molecular weight is 218 g/mol. The van der Waals surface area contributed by atoms with Crippen molar-refractivity contribution < 1.29 is 0 Å². The molecule has 0 aliphatic heterocycles. The standard InChI is InChI=1S/C16H26/c1-7-12(5)15-10-9-13(6)14(8-2)16(15)11(3)4/h9-12H,7-8H2,1-6H3. The SMILES string of the molecule is CCc1c(C)ccc(C(C)CC)c1C(C)C. The van der Waals surface area contributed by atoms with Gasteiger partial charge >= 0.3 is 0 Å². The van der Waals surface area contributed by atoms with Crippen LogP contribution in [0.25, 0.3) is 0 Å². The van der Waals surface area contributed by atoms with Crippen LogP contribution < -0.4 is 0 Å². The first-order chi connectivity index (χ1) is 7.52. The molecule has 1 unspecified atom stereocenters. The minimum absolute atomic E-state index is 0.638. The first-order valence-corrected chi connectivity index (χ1v) is 6.65. The van der Waals surface area contributed by atoms with Crippen molar-refractivity contribution in [3.63, 3.8) is 0 Å². The molecule has 1 aromatic carbocycles. The summed E-state index contributed by atoms with van der Waals surface area (Å²) in [4.78, 5) is 0. The molecular formula is C16H26. The molecule has 90 valence electrons. The fraction of sp³-hybridized carbons (Fsp3) is 0.625. The molecular weight excluding hydrogens is 192 g/mol. The highest BCUT2D eigenvalue weighted by Crippen LogP contribution is 2.32. The highest BCUT2D eigenvalue weighted by atomic mass is 14.2. The maximum Gasteiger partial charge on any atom is -0.0190 e. The van der Waals surface area contributed by atoms with E-state index in [1.165, 1.54) is 12.0 Å². The summed E-state index contributed by atoms with van der Waals surface area (Å²) >= 11 is 0. The molecule has 0 fully saturated rings. The van der Waals surface area contributed by atoms with Crippen LogP contribution in [0.2, 0.25) is 0 Å². The summed E-state index contributed by atoms with van der Waals surface area (Å²) in [5, 5.41) is 0. The van der Waals surface area contributed by atoms with E-state index in [-0.39, 0.29) is 0 Å². The number of aryl methyl sites for hydroxylation is 1. The van der Waals surface area contributed by atoms with Crippen molar-refractivity contribution in [1.82, 2.24) is 0 Å². The van der Waals surface area contributed by atoms with Crippen molar-refractivity contribution in [3.05, 3.63) is 34.4 Å². The Morgan fingerprint density at radius 1 is 1.06 bits per heavy atom. The number of hydrogen-bond acceptors (Lipinski definition) is 0. The maximum atomic E-state index is 2.35. The normalized spacial score (nSPS) is 13.2. The second-order valence-corrected chi connectivity index (χ2v) is 5.18. The highest BCUT2D eigenvalue weighted by molar-refractivity contribution is 5.44. The molecule has 0 aromatic heterocycles. The van der Waals surface area contributed by atoms with Gasteiger partial charge in [0, 0.05) is 0 Å². The van der Waals surface area contributed by atoms with Crippen molar-refractivity contribution in [2.75, 3.05) is 0 Å². The Labute approximate surface area is 101 Å². The van der Waals surface area contributed by atoms with E-state index in [0.717, 1.165) is 6.42 Å². The van der Waals surface area contributed by atoms with E-state index >= 15 is 0 Å². The summed E-state index contributed by atoms with van der Waals surface area (Å²) in [5.41, 5.74) is 6.21. The lowest BCUT2D eigenvalue weighted by Gasteiger charge is -2.22. The van der Waals surface area contributed by atoms with Gasteiger partial charge in [-0.3, -0.25) is 0 Å². The minimum Gasteiger partial charge on any atom is -0.0648 e. The lowest BCUT2D eigenvalue weighted by molar-refractivity contribution is 0.701. The van der Waals surface area contributed by atoms with Gasteiger partial charge in [-0.05, 0) is 53.9 Å². The third kappa shape index (κ3) is 2.48. The Hall–Kier alpha value is -0.780. The van der Waals surface area contributed by atoms with Crippen LogP contribution in [0.5, 0.6) is 0 Å². The van der Waals surface area contributed by atoms with Gasteiger partial charge in [-0.15, -0.1) is 0 Å². The first kappa shape index (κ1) is 13.3. The Bertz CT molecular complexity index is 347. The van der Waals surface area contributed by atoms with E-state index in [2.05, 4.69) is 53.7 Å². The molecule has 0 bridgehead atoms. The molecule has 16 heavy (non-hydrogen) atoms. The van der Waals surface area contributed by atoms with Crippen molar-refractivity contribution in [3.8, 4) is 0 Å². The van der Waals surface area contributed by atoms with Crippen LogP contribution in [-0.4, -0.2) is 0 Å². The molecule has 0 amide bonds. The van der Waals surface area contributed by atoms with Crippen molar-refractivity contribution in [2.24, 2.45) is 0 Å². The second kappa shape index (κ2) is 5.52. The molecule has 0 nitrogen and oxygen atoms in total. The fourth-order valence-electron chi connectivity index (χ4n) is 2.59. The molecule has 0 heteroatoms. The molecule has 0 N–H and O–H groups in total. The number of benzene rings is 1. The van der Waals surface area contributed by atoms with Crippen LogP contribution in [0.15, 0.2) is 12.1 Å². The highest BCUT2D eigenvalue weighted by Gasteiger charge is 2.16. The van der Waals surface area contributed by atoms with E-state index in [0.29, 0.717) is 11.8 Å². The van der Waals surface area contributed by atoms with Crippen LogP contribution in [0.1, 0.15) is 75.1 Å². The molecule has 0 radical (unpaired) electrons. The zero-order valence-electron chi connectivity index (χ0n) is 11.7. The van der Waals surface area contributed by atoms with Crippen LogP contribution in [0, 0.1) is 6.92 Å². The fourth-order valence-corrected chi connectivity index (χ4v) is 2.59. The number of rotatable bonds is 4. The largest absolute Gasteiger partial charge is 0.0648 e. The van der Waals surface area contributed by atoms with Crippen molar-refractivity contribution >= 4 is 0 Å². The van der Waals surface area contributed by atoms with E-state index in [1.807, 2.05) is 0 Å². The summed E-state index contributed by atoms with van der Waals surface area (Å²) in [6, 6.07) is 4.64. The van der Waals surface area contributed by atoms with E-state index < -0.39 is 0 Å². The minimum atomic E-state index is 0.638. The van der Waals surface area contributed by atoms with Gasteiger partial charge in [-0.1, -0.05) is 46.8 Å². The molecule has 1 atom stereocenters. The lowest BCUT2D eigenvalue weighted by atomic mass is 9.83. The topological polar surface area (TPSA) is 0 Å². The van der Waals surface area contributed by atoms with Crippen molar-refractivity contribution in [1.29, 1.82) is 0 Å². The van der Waals surface area contributed by atoms with Gasteiger partial charge in [-0.2, -0.15) is 0 Å². The third-order valence-electron chi connectivity index (χ3n) is 3.70. The van der Waals surface area contributed by atoms with Crippen LogP contribution in [0.3, 0.4) is 0 Å².